The minimum Gasteiger partial charge on any atom is -0.480 e. The van der Waals surface area contributed by atoms with Crippen molar-refractivity contribution in [1.82, 2.24) is 9.88 Å². The van der Waals surface area contributed by atoms with Gasteiger partial charge in [0, 0.05) is 29.1 Å². The predicted molar refractivity (Wildman–Crippen MR) is 113 cm³/mol. The van der Waals surface area contributed by atoms with Crippen molar-refractivity contribution in [3.05, 3.63) is 70.7 Å². The Labute approximate surface area is 174 Å². The van der Waals surface area contributed by atoms with Gasteiger partial charge in [0.25, 0.3) is 0 Å². The number of carbonyl (C=O) groups excluding carboxylic acids is 1. The fraction of sp³-hybridized carbons (Fsp3) is 0.333. The first kappa shape index (κ1) is 20.1. The van der Waals surface area contributed by atoms with E-state index in [1.807, 2.05) is 25.1 Å². The second-order valence-electron chi connectivity index (χ2n) is 8.06. The average Bonchev–Trinajstić information content (AvgIpc) is 2.98. The Balaban J connectivity index is 1.49. The molecule has 1 aliphatic carbocycles. The van der Waals surface area contributed by atoms with E-state index in [1.54, 1.807) is 10.6 Å². The number of rotatable bonds is 6. The molecule has 0 radical (unpaired) electrons. The Bertz CT molecular complexity index is 1120. The highest BCUT2D eigenvalue weighted by Gasteiger charge is 2.27. The first-order valence-corrected chi connectivity index (χ1v) is 10.3. The summed E-state index contributed by atoms with van der Waals surface area (Å²) in [5.74, 6) is -1.27. The highest BCUT2D eigenvalue weighted by atomic mass is 19.1. The van der Waals surface area contributed by atoms with E-state index >= 15 is 0 Å². The number of benzene rings is 2. The van der Waals surface area contributed by atoms with Crippen molar-refractivity contribution in [1.29, 1.82) is 0 Å². The summed E-state index contributed by atoms with van der Waals surface area (Å²) in [6.45, 7) is 1.89. The van der Waals surface area contributed by atoms with Gasteiger partial charge in [0.1, 0.15) is 12.4 Å². The molecule has 0 aliphatic heterocycles. The van der Waals surface area contributed by atoms with Crippen molar-refractivity contribution in [2.75, 3.05) is 0 Å². The smallest absolute Gasteiger partial charge is 0.323 e. The van der Waals surface area contributed by atoms with Gasteiger partial charge in [0.05, 0.1) is 0 Å². The molecule has 0 fully saturated rings. The molecule has 0 bridgehead atoms. The Morgan fingerprint density at radius 3 is 2.83 bits per heavy atom. The number of hydrogen-bond donors (Lipinski definition) is 2. The number of fused-ring (bicyclic) bond motifs is 3. The third kappa shape index (κ3) is 4.22. The van der Waals surface area contributed by atoms with Gasteiger partial charge in [0.15, 0.2) is 0 Å². The molecule has 156 valence electrons. The molecule has 1 atom stereocenters. The van der Waals surface area contributed by atoms with Gasteiger partial charge in [-0.1, -0.05) is 29.8 Å². The van der Waals surface area contributed by atoms with E-state index in [9.17, 15) is 19.1 Å². The van der Waals surface area contributed by atoms with Crippen LogP contribution in [0.2, 0.25) is 0 Å². The Hall–Kier alpha value is -3.15. The molecule has 5 nitrogen and oxygen atoms in total. The maximum absolute atomic E-state index is 13.9. The van der Waals surface area contributed by atoms with Gasteiger partial charge >= 0.3 is 5.97 Å². The van der Waals surface area contributed by atoms with Crippen LogP contribution in [0.4, 0.5) is 4.39 Å². The molecule has 1 heterocycles. The van der Waals surface area contributed by atoms with Gasteiger partial charge in [-0.3, -0.25) is 9.59 Å². The lowest BCUT2D eigenvalue weighted by Gasteiger charge is -2.25. The highest BCUT2D eigenvalue weighted by Crippen LogP contribution is 2.33. The van der Waals surface area contributed by atoms with Gasteiger partial charge < -0.3 is 15.0 Å². The molecule has 3 aromatic rings. The quantitative estimate of drug-likeness (QED) is 0.652. The number of halogens is 1. The number of carbonyl (C=O) groups is 2. The lowest BCUT2D eigenvalue weighted by molar-refractivity contribution is -0.137. The van der Waals surface area contributed by atoms with Crippen LogP contribution in [0, 0.1) is 12.7 Å². The summed E-state index contributed by atoms with van der Waals surface area (Å²) in [4.78, 5) is 23.8. The first-order chi connectivity index (χ1) is 14.4. The van der Waals surface area contributed by atoms with Gasteiger partial charge in [-0.2, -0.15) is 0 Å². The van der Waals surface area contributed by atoms with E-state index in [0.29, 0.717) is 25.7 Å². The number of nitrogens with one attached hydrogen (secondary N) is 1. The van der Waals surface area contributed by atoms with Gasteiger partial charge in [-0.05, 0) is 61.9 Å². The maximum atomic E-state index is 13.9. The van der Waals surface area contributed by atoms with Gasteiger partial charge in [-0.25, -0.2) is 4.39 Å². The summed E-state index contributed by atoms with van der Waals surface area (Å²) in [5, 5.41) is 13.1. The second-order valence-corrected chi connectivity index (χ2v) is 8.06. The van der Waals surface area contributed by atoms with Crippen LogP contribution >= 0.6 is 0 Å². The normalized spacial score (nSPS) is 15.7. The van der Waals surface area contributed by atoms with Crippen molar-refractivity contribution < 1.29 is 19.1 Å². The lowest BCUT2D eigenvalue weighted by Crippen LogP contribution is -2.39. The zero-order valence-corrected chi connectivity index (χ0v) is 17.0. The second kappa shape index (κ2) is 8.30. The summed E-state index contributed by atoms with van der Waals surface area (Å²) in [7, 11) is 0. The molecule has 2 aromatic carbocycles. The Morgan fingerprint density at radius 1 is 1.23 bits per heavy atom. The van der Waals surface area contributed by atoms with Crippen LogP contribution in [0.15, 0.2) is 42.5 Å². The number of carboxylic acids is 1. The van der Waals surface area contributed by atoms with E-state index in [-0.39, 0.29) is 24.3 Å². The number of amides is 1. The molecule has 0 spiro atoms. The molecular weight excluding hydrogens is 383 g/mol. The fourth-order valence-corrected chi connectivity index (χ4v) is 4.49. The molecule has 4 rings (SSSR count). The molecule has 2 N–H and O–H groups in total. The molecule has 1 aliphatic rings. The SMILES string of the molecule is Cc1cccc(CCC(=O)NC2CCc3c(c4cc(F)ccc4n3CC(=O)O)C2)c1. The summed E-state index contributed by atoms with van der Waals surface area (Å²) in [5.41, 5.74) is 4.93. The fourth-order valence-electron chi connectivity index (χ4n) is 4.49. The van der Waals surface area contributed by atoms with Crippen LogP contribution in [-0.2, 0) is 35.4 Å². The highest BCUT2D eigenvalue weighted by molar-refractivity contribution is 5.87. The largest absolute Gasteiger partial charge is 0.480 e. The summed E-state index contributed by atoms with van der Waals surface area (Å²) >= 11 is 0. The van der Waals surface area contributed by atoms with E-state index < -0.39 is 5.97 Å². The standard InChI is InChI=1S/C24H25FN2O3/c1-15-3-2-4-16(11-15)5-10-23(28)26-18-7-9-22-20(13-18)19-12-17(25)6-8-21(19)27(22)14-24(29)30/h2-4,6,8,11-12,18H,5,7,9-10,13-14H2,1H3,(H,26,28)(H,29,30). The van der Waals surface area contributed by atoms with Crippen molar-refractivity contribution >= 4 is 22.8 Å². The number of carboxylic acid groups (broad SMARTS) is 1. The van der Waals surface area contributed by atoms with Crippen LogP contribution in [0.1, 0.15) is 35.2 Å². The molecule has 0 saturated heterocycles. The number of aryl methyl sites for hydroxylation is 2. The Kier molecular flexibility index (Phi) is 5.57. The third-order valence-corrected chi connectivity index (χ3v) is 5.81. The van der Waals surface area contributed by atoms with Crippen molar-refractivity contribution in [2.45, 2.75) is 51.6 Å². The summed E-state index contributed by atoms with van der Waals surface area (Å²) in [6.07, 6.45) is 3.08. The molecular formula is C24H25FN2O3. The van der Waals surface area contributed by atoms with Crippen LogP contribution in [-0.4, -0.2) is 27.6 Å². The van der Waals surface area contributed by atoms with E-state index in [2.05, 4.69) is 11.4 Å². The van der Waals surface area contributed by atoms with Crippen LogP contribution < -0.4 is 5.32 Å². The number of nitrogens with zero attached hydrogens (tertiary/aromatic N) is 1. The topological polar surface area (TPSA) is 71.3 Å². The van der Waals surface area contributed by atoms with Crippen molar-refractivity contribution in [3.63, 3.8) is 0 Å². The number of hydrogen-bond acceptors (Lipinski definition) is 2. The number of aromatic nitrogens is 1. The molecule has 0 saturated carbocycles. The molecule has 6 heteroatoms. The van der Waals surface area contributed by atoms with E-state index in [4.69, 9.17) is 0 Å². The minimum absolute atomic E-state index is 0.00501. The van der Waals surface area contributed by atoms with Crippen LogP contribution in [0.25, 0.3) is 10.9 Å². The number of aliphatic carboxylic acids is 1. The average molecular weight is 408 g/mol. The first-order valence-electron chi connectivity index (χ1n) is 10.3. The Morgan fingerprint density at radius 2 is 2.07 bits per heavy atom. The molecule has 1 amide bonds. The maximum Gasteiger partial charge on any atom is 0.323 e. The zero-order valence-electron chi connectivity index (χ0n) is 17.0. The third-order valence-electron chi connectivity index (χ3n) is 5.81. The lowest BCUT2D eigenvalue weighted by atomic mass is 9.91. The zero-order chi connectivity index (χ0) is 21.3. The summed E-state index contributed by atoms with van der Waals surface area (Å²) < 4.78 is 15.6. The summed E-state index contributed by atoms with van der Waals surface area (Å²) in [6, 6.07) is 12.6. The molecule has 1 unspecified atom stereocenters. The van der Waals surface area contributed by atoms with Crippen molar-refractivity contribution in [3.8, 4) is 0 Å². The molecule has 1 aromatic heterocycles. The van der Waals surface area contributed by atoms with Gasteiger partial charge in [-0.15, -0.1) is 0 Å². The van der Waals surface area contributed by atoms with E-state index in [1.165, 1.54) is 17.7 Å². The van der Waals surface area contributed by atoms with Crippen molar-refractivity contribution in [2.24, 2.45) is 0 Å². The minimum atomic E-state index is -0.925. The molecule has 30 heavy (non-hydrogen) atoms. The van der Waals surface area contributed by atoms with Gasteiger partial charge in [0.2, 0.25) is 5.91 Å². The monoisotopic (exact) mass is 408 g/mol. The van der Waals surface area contributed by atoms with Crippen LogP contribution in [0.3, 0.4) is 0 Å². The van der Waals surface area contributed by atoms with E-state index in [0.717, 1.165) is 34.1 Å². The van der Waals surface area contributed by atoms with Crippen LogP contribution in [0.5, 0.6) is 0 Å². The predicted octanol–water partition coefficient (Wildman–Crippen LogP) is 3.78.